The third-order valence-electron chi connectivity index (χ3n) is 8.02. The largest absolute Gasteiger partial charge is 0.328 e. The van der Waals surface area contributed by atoms with Gasteiger partial charge >= 0.3 is 0 Å². The van der Waals surface area contributed by atoms with Crippen LogP contribution in [0.1, 0.15) is 55.3 Å². The highest BCUT2D eigenvalue weighted by atomic mass is 19.3. The molecule has 5 rings (SSSR count). The van der Waals surface area contributed by atoms with E-state index in [9.17, 15) is 13.6 Å². The molecule has 3 aromatic heterocycles. The van der Waals surface area contributed by atoms with Crippen LogP contribution in [0, 0.1) is 0 Å². The van der Waals surface area contributed by atoms with Gasteiger partial charge in [-0.05, 0) is 52.9 Å². The van der Waals surface area contributed by atoms with E-state index in [4.69, 9.17) is 5.73 Å². The first-order valence-corrected chi connectivity index (χ1v) is 14.1. The zero-order valence-corrected chi connectivity index (χ0v) is 24.2. The molecular weight excluding hydrogens is 530 g/mol. The number of piperidine rings is 1. The Kier molecular flexibility index (Phi) is 8.50. The maximum atomic E-state index is 13.9. The Labute approximate surface area is 239 Å². The first kappa shape index (κ1) is 29.2. The number of nitrogens with zero attached hydrogens (tertiary/aromatic N) is 8. The number of hydrogen-bond donors (Lipinski definition) is 2. The molecule has 2 fully saturated rings. The number of nitrogens with one attached hydrogen (secondary N) is 1. The van der Waals surface area contributed by atoms with Crippen molar-refractivity contribution in [3.8, 4) is 11.3 Å². The molecule has 0 radical (unpaired) electrons. The van der Waals surface area contributed by atoms with Crippen molar-refractivity contribution in [2.24, 2.45) is 5.73 Å². The molecule has 0 spiro atoms. The van der Waals surface area contributed by atoms with Crippen LogP contribution in [0.2, 0.25) is 0 Å². The molecule has 0 atom stereocenters. The summed E-state index contributed by atoms with van der Waals surface area (Å²) in [6, 6.07) is 5.51. The number of amides is 1. The number of anilines is 1. The van der Waals surface area contributed by atoms with Gasteiger partial charge in [-0.3, -0.25) is 28.9 Å². The highest BCUT2D eigenvalue weighted by Gasteiger charge is 2.36. The highest BCUT2D eigenvalue weighted by molar-refractivity contribution is 6.03. The summed E-state index contributed by atoms with van der Waals surface area (Å²) >= 11 is 0. The number of rotatable bonds is 10. The van der Waals surface area contributed by atoms with Crippen molar-refractivity contribution >= 4 is 11.6 Å². The second-order valence-corrected chi connectivity index (χ2v) is 11.9. The molecule has 0 saturated carbocycles. The maximum Gasteiger partial charge on any atom is 0.284 e. The quantitative estimate of drug-likeness (QED) is 0.383. The van der Waals surface area contributed by atoms with Gasteiger partial charge in [-0.1, -0.05) is 6.07 Å². The molecule has 222 valence electrons. The van der Waals surface area contributed by atoms with Gasteiger partial charge in [-0.25, -0.2) is 13.8 Å². The van der Waals surface area contributed by atoms with Crippen LogP contribution in [0.5, 0.6) is 0 Å². The minimum Gasteiger partial charge on any atom is -0.328 e. The summed E-state index contributed by atoms with van der Waals surface area (Å²) in [4.78, 5) is 24.6. The molecule has 1 amide bonds. The number of alkyl halides is 2. The lowest BCUT2D eigenvalue weighted by atomic mass is 9.97. The number of nitrogens with two attached hydrogens (primary N) is 1. The van der Waals surface area contributed by atoms with Crippen LogP contribution in [0.15, 0.2) is 36.8 Å². The van der Waals surface area contributed by atoms with Gasteiger partial charge in [-0.15, -0.1) is 0 Å². The van der Waals surface area contributed by atoms with Gasteiger partial charge in [-0.2, -0.15) is 10.2 Å². The summed E-state index contributed by atoms with van der Waals surface area (Å²) in [7, 11) is 4.16. The Morgan fingerprint density at radius 1 is 1.17 bits per heavy atom. The maximum absolute atomic E-state index is 13.9. The Balaban J connectivity index is 1.23. The number of carbonyl (C=O) groups is 1. The molecular formula is C28H40F2N10O. The third kappa shape index (κ3) is 6.48. The summed E-state index contributed by atoms with van der Waals surface area (Å²) in [5.41, 5.74) is 6.42. The van der Waals surface area contributed by atoms with Crippen LogP contribution in [0.4, 0.5) is 14.5 Å². The van der Waals surface area contributed by atoms with Gasteiger partial charge < -0.3 is 11.1 Å². The predicted molar refractivity (Wildman–Crippen MR) is 153 cm³/mol. The molecule has 3 aromatic rings. The fourth-order valence-electron chi connectivity index (χ4n) is 5.42. The van der Waals surface area contributed by atoms with Crippen LogP contribution in [0.3, 0.4) is 0 Å². The number of aromatic nitrogens is 5. The molecule has 2 saturated heterocycles. The van der Waals surface area contributed by atoms with Crippen LogP contribution in [0.25, 0.3) is 11.3 Å². The molecule has 3 N–H and O–H groups in total. The second kappa shape index (κ2) is 11.9. The van der Waals surface area contributed by atoms with Crippen molar-refractivity contribution < 1.29 is 13.6 Å². The molecule has 0 aromatic carbocycles. The standard InChI is InChI=1S/C28H40F2N10O/c1-28(2,17-31)40-13-19(12-32-40)22-6-5-7-23(33-22)27(41)34-24-16-39(35-25(24)26(29)30)21-14-38(15-21)20-8-10-37(11-9-20)18-36(3)4/h5-7,12-13,16,20-21,26H,8-11,14-15,17-18,31H2,1-4H3,(H,34,41). The van der Waals surface area contributed by atoms with Crippen LogP contribution in [-0.4, -0.2) is 105 Å². The van der Waals surface area contributed by atoms with Gasteiger partial charge in [0.1, 0.15) is 5.69 Å². The molecule has 0 unspecified atom stereocenters. The molecule has 2 aliphatic rings. The molecule has 11 nitrogen and oxygen atoms in total. The Morgan fingerprint density at radius 3 is 2.56 bits per heavy atom. The van der Waals surface area contributed by atoms with Gasteiger partial charge in [0.25, 0.3) is 12.3 Å². The monoisotopic (exact) mass is 570 g/mol. The summed E-state index contributed by atoms with van der Waals surface area (Å²) in [6.07, 6.45) is 4.38. The van der Waals surface area contributed by atoms with E-state index in [-0.39, 0.29) is 23.0 Å². The van der Waals surface area contributed by atoms with Crippen molar-refractivity contribution in [2.45, 2.75) is 50.7 Å². The summed E-state index contributed by atoms with van der Waals surface area (Å²) in [5, 5.41) is 11.2. The van der Waals surface area contributed by atoms with E-state index in [1.807, 2.05) is 20.0 Å². The van der Waals surface area contributed by atoms with E-state index >= 15 is 0 Å². The first-order valence-electron chi connectivity index (χ1n) is 14.1. The lowest BCUT2D eigenvalue weighted by molar-refractivity contribution is 0.0128. The predicted octanol–water partition coefficient (Wildman–Crippen LogP) is 2.87. The first-order chi connectivity index (χ1) is 19.5. The Morgan fingerprint density at radius 2 is 1.90 bits per heavy atom. The number of likely N-dealkylation sites (tertiary alicyclic amines) is 2. The molecule has 2 aliphatic heterocycles. The smallest absolute Gasteiger partial charge is 0.284 e. The van der Waals surface area contributed by atoms with Gasteiger partial charge in [0.15, 0.2) is 5.69 Å². The molecule has 0 bridgehead atoms. The minimum atomic E-state index is -2.82. The number of halogens is 2. The number of carbonyl (C=O) groups excluding carboxylic acids is 1. The Hall–Kier alpha value is -3.26. The number of pyridine rings is 1. The average molecular weight is 571 g/mol. The molecule has 41 heavy (non-hydrogen) atoms. The minimum absolute atomic E-state index is 0.00478. The topological polar surface area (TPSA) is 113 Å². The summed E-state index contributed by atoms with van der Waals surface area (Å²) in [5.74, 6) is -0.581. The summed E-state index contributed by atoms with van der Waals surface area (Å²) < 4.78 is 31.2. The van der Waals surface area contributed by atoms with Crippen molar-refractivity contribution in [2.75, 3.05) is 58.8 Å². The second-order valence-electron chi connectivity index (χ2n) is 11.9. The number of hydrogen-bond acceptors (Lipinski definition) is 8. The SMILES string of the molecule is CN(C)CN1CCC(N2CC(n3cc(NC(=O)c4cccc(-c5cnn(C(C)(C)CN)c5)n4)c(C(F)F)n3)C2)CC1. The van der Waals surface area contributed by atoms with Gasteiger partial charge in [0, 0.05) is 56.7 Å². The van der Waals surface area contributed by atoms with Gasteiger partial charge in [0.2, 0.25) is 0 Å². The zero-order chi connectivity index (χ0) is 29.3. The van der Waals surface area contributed by atoms with Crippen molar-refractivity contribution in [1.82, 2.24) is 39.2 Å². The van der Waals surface area contributed by atoms with E-state index in [1.54, 1.807) is 33.8 Å². The Bertz CT molecular complexity index is 1340. The molecule has 0 aliphatic carbocycles. The van der Waals surface area contributed by atoms with Gasteiger partial charge in [0.05, 0.1) is 35.8 Å². The molecule has 5 heterocycles. The lowest BCUT2D eigenvalue weighted by Gasteiger charge is -2.47. The van der Waals surface area contributed by atoms with E-state index in [0.717, 1.165) is 51.3 Å². The van der Waals surface area contributed by atoms with Crippen molar-refractivity contribution in [1.29, 1.82) is 0 Å². The average Bonchev–Trinajstić information content (AvgIpc) is 3.57. The van der Waals surface area contributed by atoms with E-state index in [0.29, 0.717) is 18.3 Å². The fourth-order valence-corrected chi connectivity index (χ4v) is 5.42. The highest BCUT2D eigenvalue weighted by Crippen LogP contribution is 2.32. The van der Waals surface area contributed by atoms with Crippen LogP contribution >= 0.6 is 0 Å². The van der Waals surface area contributed by atoms with E-state index in [1.165, 1.54) is 6.20 Å². The fraction of sp³-hybridized carbons (Fsp3) is 0.571. The summed E-state index contributed by atoms with van der Waals surface area (Å²) in [6.45, 7) is 8.94. The normalized spacial score (nSPS) is 17.9. The lowest BCUT2D eigenvalue weighted by Crippen LogP contribution is -2.56. The van der Waals surface area contributed by atoms with Crippen molar-refractivity contribution in [3.63, 3.8) is 0 Å². The van der Waals surface area contributed by atoms with E-state index < -0.39 is 18.0 Å². The molecule has 13 heteroatoms. The van der Waals surface area contributed by atoms with Crippen LogP contribution < -0.4 is 11.1 Å². The third-order valence-corrected chi connectivity index (χ3v) is 8.02. The van der Waals surface area contributed by atoms with Crippen LogP contribution in [-0.2, 0) is 5.54 Å². The van der Waals surface area contributed by atoms with Crippen molar-refractivity contribution in [3.05, 3.63) is 48.2 Å². The van der Waals surface area contributed by atoms with E-state index in [2.05, 4.69) is 49.3 Å². The zero-order valence-electron chi connectivity index (χ0n) is 24.2.